The van der Waals surface area contributed by atoms with E-state index in [0.717, 1.165) is 0 Å². The maximum absolute atomic E-state index is 9.77. The van der Waals surface area contributed by atoms with Gasteiger partial charge in [-0.05, 0) is 272 Å². The van der Waals surface area contributed by atoms with Crippen LogP contribution in [0.3, 0.4) is 0 Å². The van der Waals surface area contributed by atoms with Gasteiger partial charge in [-0.15, -0.1) is 0 Å². The Morgan fingerprint density at radius 1 is 0.117 bits per heavy atom. The van der Waals surface area contributed by atoms with Crippen LogP contribution in [0.5, 0.6) is 0 Å². The van der Waals surface area contributed by atoms with Gasteiger partial charge in [0.15, 0.2) is 0 Å². The Morgan fingerprint density at radius 2 is 0.359 bits per heavy atom. The molecule has 145 heavy (non-hydrogen) atoms. The highest BCUT2D eigenvalue weighted by Crippen LogP contribution is 2.54. The van der Waals surface area contributed by atoms with E-state index >= 15 is 0 Å². The average Bonchev–Trinajstić information content (AvgIpc) is 1.38. The van der Waals surface area contributed by atoms with Crippen molar-refractivity contribution >= 4 is 206 Å². The molecule has 0 radical (unpaired) electrons. The van der Waals surface area contributed by atoms with Crippen molar-refractivity contribution < 1.29 is 131 Å². The molecule has 3 nitrogen and oxygen atoms in total. The smallest absolute Gasteiger partial charge is 0.143 e. The topological polar surface area (TPSA) is 39.4 Å². The number of benzene rings is 28. The van der Waals surface area contributed by atoms with E-state index < -0.39 is 826 Å². The Bertz CT molecular complexity index is 16200. The summed E-state index contributed by atoms with van der Waals surface area (Å²) in [7, 11) is 0. The second-order valence-corrected chi connectivity index (χ2v) is 31.8. The van der Waals surface area contributed by atoms with Gasteiger partial charge in [-0.2, -0.15) is 0 Å². The molecule has 3 heteroatoms. The second kappa shape index (κ2) is 33.9. The van der Waals surface area contributed by atoms with Gasteiger partial charge in [-0.3, -0.25) is 0 Å². The first-order valence-electron chi connectivity index (χ1n) is 86.0. The fraction of sp³-hybridized carbons (Fsp3) is 0. The number of rotatable bonds is 9. The van der Waals surface area contributed by atoms with E-state index in [9.17, 15) is 42.5 Å². The van der Waals surface area contributed by atoms with Crippen LogP contribution in [-0.4, -0.2) is 0 Å². The molecule has 0 aliphatic rings. The van der Waals surface area contributed by atoms with Crippen LogP contribution in [0.1, 0.15) is 118 Å². The van der Waals surface area contributed by atoms with Gasteiger partial charge >= 0.3 is 0 Å². The summed E-state index contributed by atoms with van der Waals surface area (Å²) in [5, 5.41) is -19.8. The van der Waals surface area contributed by atoms with Gasteiger partial charge in [0.05, 0.1) is 118 Å². The fourth-order valence-electron chi connectivity index (χ4n) is 18.1. The molecule has 0 amide bonds. The molecular formula is C142H86O3. The fourth-order valence-corrected chi connectivity index (χ4v) is 18.1. The van der Waals surface area contributed by atoms with Crippen LogP contribution in [-0.2, 0) is 0 Å². The molecule has 31 aromatic rings. The number of hydrogen-bond acceptors (Lipinski definition) is 3. The highest BCUT2D eigenvalue weighted by molar-refractivity contribution is 6.32. The summed E-state index contributed by atoms with van der Waals surface area (Å²) in [4.78, 5) is 0. The van der Waals surface area contributed by atoms with E-state index in [1.165, 1.54) is 0 Å². The molecular weight excluding hydrogens is 1750 g/mol. The molecule has 28 aromatic carbocycles. The highest BCUT2D eigenvalue weighted by Gasteiger charge is 2.28. The van der Waals surface area contributed by atoms with Crippen LogP contribution in [0.2, 0.25) is 0 Å². The van der Waals surface area contributed by atoms with E-state index in [-0.39, 0.29) is 0 Å². The van der Waals surface area contributed by atoms with Gasteiger partial charge in [0, 0.05) is 48.5 Å². The molecule has 0 unspecified atom stereocenters. The average molecular weight is 1930 g/mol. The Labute approximate surface area is 955 Å². The zero-order valence-electron chi connectivity index (χ0n) is 158. The summed E-state index contributed by atoms with van der Waals surface area (Å²) < 4.78 is 795. The zero-order chi connectivity index (χ0) is 170. The molecule has 3 heterocycles. The number of hydrogen-bond donors (Lipinski definition) is 0. The minimum Gasteiger partial charge on any atom is -0.455 e. The van der Waals surface area contributed by atoms with Crippen molar-refractivity contribution in [1.29, 1.82) is 0 Å². The lowest BCUT2D eigenvalue weighted by Gasteiger charge is -2.18. The third-order valence-corrected chi connectivity index (χ3v) is 24.2. The summed E-state index contributed by atoms with van der Waals surface area (Å²) in [6, 6.07) is -80.0. The number of furan rings is 3. The van der Waals surface area contributed by atoms with Crippen molar-refractivity contribution in [3.63, 3.8) is 0 Å². The van der Waals surface area contributed by atoms with Crippen LogP contribution < -0.4 is 0 Å². The maximum atomic E-state index is 9.77. The Morgan fingerprint density at radius 3 is 0.731 bits per heavy atom. The van der Waals surface area contributed by atoms with E-state index in [0.29, 0.717) is 0 Å². The zero-order valence-corrected chi connectivity index (χ0v) is 72.2. The Kier molecular flexibility index (Phi) is 7.98. The molecule has 672 valence electrons. The summed E-state index contributed by atoms with van der Waals surface area (Å²) in [6.45, 7) is 0. The molecule has 0 bridgehead atoms. The summed E-state index contributed by atoms with van der Waals surface area (Å²) in [5.74, 6) is 0. The lowest BCUT2D eigenvalue weighted by atomic mass is 9.84. The van der Waals surface area contributed by atoms with Gasteiger partial charge in [-0.25, -0.2) is 0 Å². The number of fused-ring (bicyclic) bond motifs is 26. The van der Waals surface area contributed by atoms with Crippen LogP contribution in [0.4, 0.5) is 0 Å². The summed E-state index contributed by atoms with van der Waals surface area (Å²) in [6.07, 6.45) is 0. The van der Waals surface area contributed by atoms with Crippen LogP contribution >= 0.6 is 0 Å². The lowest BCUT2D eigenvalue weighted by Crippen LogP contribution is -1.91. The van der Waals surface area contributed by atoms with Gasteiger partial charge in [-0.1, -0.05) is 471 Å². The minimum absolute atomic E-state index is 0.459. The van der Waals surface area contributed by atoms with Crippen molar-refractivity contribution in [3.05, 3.63) is 520 Å². The SMILES string of the molecule is [2H]c1c([2H])c(-c2c([2H])c3c([2H])c([2H])c([2H])c([2H])c3c3c([2H])c([2H])c([2H])c([2H])c23)c([2H])c([2H])c1-c1c2c([2H])c([2H])c([2H])c([2H])c2c(-c2c([2H])c([2H])c([2H])c3oc4c5c([2H])c([2H])c([2H])c([2H])c5c([2H])c([2H])c4c23)c2c([2H])c([2H])c([2H])c([2H])c12.[2H]c1c([2H])c(-c2c3c([2H])c([2H])c([2H])c([2H])c3c(-c3c([2H])c([2H])c([2H])c4oc5c6c([2H])c([2H])c([2H])c([2H])c6c([2H])c([2H])c5c34)c3c([2H])c([2H])c([2H])c([2H])c23)c([2H])c([2H])c1-c1c([2H])c([2H])c([2H])c2c([2H])c([2H])c([2H])c([2H])c12.[2H]c1c([2H])c(-c2c3c([2H])c([2H])c([2H])c([2H])c3c(-c3c([2H])c([2H])c([2H])c4oc5c6c([2H])c([2H])c([2H])c([2H])c6c([2H])c([2H])c5c34)c3c([2H])c([2H])c([2H])c([2H])c23)c([2H])c([2H])c1-c1c([2H])c([2H])c2c([2H])c([2H])c([2H])c([2H])c2c1[2H]. The summed E-state index contributed by atoms with van der Waals surface area (Å²) >= 11 is 0. The van der Waals surface area contributed by atoms with Crippen LogP contribution in [0, 0.1) is 0 Å². The molecule has 0 N–H and O–H groups in total. The van der Waals surface area contributed by atoms with E-state index in [4.69, 9.17) is 88.6 Å². The first-order chi connectivity index (χ1) is 108. The molecule has 0 saturated heterocycles. The minimum atomic E-state index is -1.15. The van der Waals surface area contributed by atoms with Gasteiger partial charge in [0.1, 0.15) is 33.5 Å². The maximum Gasteiger partial charge on any atom is 0.143 e. The highest BCUT2D eigenvalue weighted by atomic mass is 16.3. The van der Waals surface area contributed by atoms with Gasteiger partial charge in [0.2, 0.25) is 0 Å². The molecule has 0 fully saturated rings. The van der Waals surface area contributed by atoms with Crippen molar-refractivity contribution in [1.82, 2.24) is 0 Å². The van der Waals surface area contributed by atoms with E-state index in [1.807, 2.05) is 0 Å². The molecule has 0 saturated carbocycles. The quantitative estimate of drug-likeness (QED) is 0.107. The van der Waals surface area contributed by atoms with Gasteiger partial charge in [0.25, 0.3) is 0 Å². The lowest BCUT2D eigenvalue weighted by molar-refractivity contribution is 0.672. The van der Waals surface area contributed by atoms with Crippen molar-refractivity contribution in [3.8, 4) is 100 Å². The van der Waals surface area contributed by atoms with Gasteiger partial charge < -0.3 is 13.3 Å². The monoisotopic (exact) mass is 1930 g/mol. The Hall–Kier alpha value is -19.1. The second-order valence-electron chi connectivity index (χ2n) is 31.8. The van der Waals surface area contributed by atoms with Crippen molar-refractivity contribution in [2.75, 3.05) is 0 Å². The third kappa shape index (κ3) is 13.5. The van der Waals surface area contributed by atoms with Crippen LogP contribution in [0.25, 0.3) is 306 Å². The summed E-state index contributed by atoms with van der Waals surface area (Å²) in [5.41, 5.74) is -17.6. The Balaban J connectivity index is 0.000000145. The molecule has 0 atom stereocenters. The normalized spacial score (nSPS) is 20.2. The van der Waals surface area contributed by atoms with Crippen molar-refractivity contribution in [2.24, 2.45) is 0 Å². The first kappa shape index (κ1) is 34.1. The molecule has 31 rings (SSSR count). The van der Waals surface area contributed by atoms with E-state index in [2.05, 4.69) is 0 Å². The largest absolute Gasteiger partial charge is 0.455 e. The molecule has 3 aromatic heterocycles. The van der Waals surface area contributed by atoms with Crippen LogP contribution in [0.15, 0.2) is 533 Å². The third-order valence-electron chi connectivity index (χ3n) is 24.2. The molecule has 0 aliphatic carbocycles. The standard InChI is InChI=1S/C50H30O.2C46H28O/c1-4-15-36-31(12-1)28-29-44-49-43(22-11-23-46(49)51-50(36)44)48-41-20-9-7-18-39(41)47(40-19-8-10-21-42(40)48)33-26-24-32(25-27-33)45-30-34-13-2-3-14-35(34)37-16-5-6-17-38(37)45;1-3-14-33-29(11-1)13-9-20-34(33)31-23-25-32(26-24-31)43-36-16-5-7-18-38(36)44(39-19-8-6-17-37(39)43)40-21-10-22-42-45(40)41-28-27-30-12-2-4-15-35(30)46(41)47-42;1-2-12-33-28-34(25-22-29(33)10-1)30-20-23-32(24-21-30)43-36-14-5-7-16-38(36)44(39-17-8-6-15-37(39)43)40-18-9-19-42-45(40)41-27-26-31-11-3-4-13-35(31)46(41)47-42/h1-30H;2*1-28H/i1D,2D,3D,4D,5D,6D,7D,8D,9D,10D,11D,12D,13D,14D,15D,16D,17D,18D,19D,20D,21D,22D,23D,24D,25D,26D,27D,28D,29D,30D;2*1D,2D,3D,4D,5D,6D,7D,8D,9D,10D,11D,12D,13D,14D,15D,16D,17D,18D,19D,20D,21D,22D,23D,24D,25D,26D,27D,28D. The predicted molar refractivity (Wildman–Crippen MR) is 618 cm³/mol. The van der Waals surface area contributed by atoms with E-state index in [1.54, 1.807) is 0 Å². The predicted octanol–water partition coefficient (Wildman–Crippen LogP) is 40.8. The first-order valence-corrected chi connectivity index (χ1v) is 43.0. The molecule has 0 spiro atoms. The van der Waals surface area contributed by atoms with Crippen molar-refractivity contribution in [2.45, 2.75) is 0 Å². The molecule has 0 aliphatic heterocycles.